The first-order chi connectivity index (χ1) is 9.58. The van der Waals surface area contributed by atoms with E-state index in [2.05, 4.69) is 36.0 Å². The quantitative estimate of drug-likeness (QED) is 0.698. The third-order valence-electron chi connectivity index (χ3n) is 2.56. The number of anilines is 1. The minimum absolute atomic E-state index is 0.247. The van der Waals surface area contributed by atoms with Crippen LogP contribution < -0.4 is 5.73 Å². The van der Waals surface area contributed by atoms with Gasteiger partial charge in [0.05, 0.1) is 0 Å². The zero-order chi connectivity index (χ0) is 14.3. The van der Waals surface area contributed by atoms with Gasteiger partial charge in [-0.15, -0.1) is 5.10 Å². The summed E-state index contributed by atoms with van der Waals surface area (Å²) in [6.07, 6.45) is 1.87. The average molecular weight is 372 g/mol. The second-order valence-electron chi connectivity index (χ2n) is 3.84. The zero-order valence-corrected chi connectivity index (χ0v) is 13.4. The van der Waals surface area contributed by atoms with Gasteiger partial charge in [0, 0.05) is 15.1 Å². The van der Waals surface area contributed by atoms with Gasteiger partial charge in [0.15, 0.2) is 11.0 Å². The van der Waals surface area contributed by atoms with Gasteiger partial charge >= 0.3 is 0 Å². The summed E-state index contributed by atoms with van der Waals surface area (Å²) in [4.78, 5) is 12.8. The second-order valence-corrected chi connectivity index (χ2v) is 5.90. The summed E-state index contributed by atoms with van der Waals surface area (Å²) in [5, 5.41) is 5.47. The van der Waals surface area contributed by atoms with Crippen molar-refractivity contribution in [1.29, 1.82) is 0 Å². The van der Waals surface area contributed by atoms with E-state index < -0.39 is 0 Å². The lowest BCUT2D eigenvalue weighted by Gasteiger charge is -1.99. The van der Waals surface area contributed by atoms with Crippen LogP contribution in [0, 0.1) is 0 Å². The van der Waals surface area contributed by atoms with Gasteiger partial charge in [0.25, 0.3) is 5.78 Å². The number of hydrogen-bond donors (Lipinski definition) is 1. The summed E-state index contributed by atoms with van der Waals surface area (Å²) in [7, 11) is 0. The van der Waals surface area contributed by atoms with Crippen molar-refractivity contribution in [2.45, 2.75) is 5.16 Å². The Bertz CT molecular complexity index is 805. The van der Waals surface area contributed by atoms with Crippen molar-refractivity contribution in [1.82, 2.24) is 24.6 Å². The van der Waals surface area contributed by atoms with Crippen molar-refractivity contribution in [3.8, 4) is 11.4 Å². The largest absolute Gasteiger partial charge is 0.368 e. The number of rotatable bonds is 2. The predicted molar refractivity (Wildman–Crippen MR) is 82.9 cm³/mol. The van der Waals surface area contributed by atoms with Crippen LogP contribution in [0.3, 0.4) is 0 Å². The molecule has 20 heavy (non-hydrogen) atoms. The monoisotopic (exact) mass is 370 g/mol. The van der Waals surface area contributed by atoms with Gasteiger partial charge in [-0.2, -0.15) is 19.5 Å². The van der Waals surface area contributed by atoms with Crippen LogP contribution in [0.25, 0.3) is 17.2 Å². The van der Waals surface area contributed by atoms with Crippen LogP contribution in [-0.2, 0) is 0 Å². The summed E-state index contributed by atoms with van der Waals surface area (Å²) >= 11 is 10.9. The van der Waals surface area contributed by atoms with Crippen molar-refractivity contribution >= 4 is 51.0 Å². The summed E-state index contributed by atoms with van der Waals surface area (Å²) < 4.78 is 2.25. The van der Waals surface area contributed by atoms with Crippen molar-refractivity contribution in [3.05, 3.63) is 27.7 Å². The van der Waals surface area contributed by atoms with Crippen molar-refractivity contribution in [2.75, 3.05) is 12.0 Å². The maximum Gasteiger partial charge on any atom is 0.258 e. The Morgan fingerprint density at radius 1 is 1.30 bits per heavy atom. The Morgan fingerprint density at radius 2 is 2.10 bits per heavy atom. The minimum atomic E-state index is 0.247. The number of halogens is 2. The Morgan fingerprint density at radius 3 is 2.85 bits per heavy atom. The Kier molecular flexibility index (Phi) is 3.53. The van der Waals surface area contributed by atoms with Crippen LogP contribution in [0.4, 0.5) is 5.95 Å². The molecule has 2 heterocycles. The minimum Gasteiger partial charge on any atom is -0.368 e. The lowest BCUT2D eigenvalue weighted by atomic mass is 10.2. The molecule has 2 N–H and O–H groups in total. The van der Waals surface area contributed by atoms with Crippen LogP contribution in [0.2, 0.25) is 5.02 Å². The molecule has 0 aliphatic rings. The van der Waals surface area contributed by atoms with E-state index in [0.29, 0.717) is 21.8 Å². The number of fused-ring (bicyclic) bond motifs is 1. The van der Waals surface area contributed by atoms with Crippen LogP contribution in [-0.4, -0.2) is 30.8 Å². The Labute approximate surface area is 131 Å². The number of thioether (sulfide) groups is 1. The number of benzene rings is 1. The number of nitrogens with two attached hydrogens (primary N) is 1. The van der Waals surface area contributed by atoms with Gasteiger partial charge in [-0.25, -0.2) is 0 Å². The first-order valence-corrected chi connectivity index (χ1v) is 7.88. The molecule has 3 aromatic rings. The van der Waals surface area contributed by atoms with Gasteiger partial charge in [0.2, 0.25) is 5.95 Å². The first-order valence-electron chi connectivity index (χ1n) is 5.48. The average Bonchev–Trinajstić information content (AvgIpc) is 2.85. The third-order valence-corrected chi connectivity index (χ3v) is 4.04. The lowest BCUT2D eigenvalue weighted by Crippen LogP contribution is -2.04. The van der Waals surface area contributed by atoms with E-state index in [1.165, 1.54) is 16.3 Å². The molecule has 0 saturated heterocycles. The number of nitrogen functional groups attached to an aromatic ring is 1. The van der Waals surface area contributed by atoms with Gasteiger partial charge in [-0.05, 0) is 24.5 Å². The molecule has 1 aromatic carbocycles. The van der Waals surface area contributed by atoms with Gasteiger partial charge in [0.1, 0.15) is 0 Å². The third kappa shape index (κ3) is 2.34. The molecule has 102 valence electrons. The highest BCUT2D eigenvalue weighted by atomic mass is 79.9. The van der Waals surface area contributed by atoms with Gasteiger partial charge in [-0.3, -0.25) is 0 Å². The Hall–Kier alpha value is -1.38. The fourth-order valence-corrected chi connectivity index (χ4v) is 2.61. The van der Waals surface area contributed by atoms with Crippen molar-refractivity contribution < 1.29 is 0 Å². The van der Waals surface area contributed by atoms with E-state index in [1.807, 2.05) is 12.3 Å². The fraction of sp³-hybridized carbons (Fsp3) is 0.0909. The van der Waals surface area contributed by atoms with Gasteiger partial charge in [-0.1, -0.05) is 39.3 Å². The molecule has 0 fully saturated rings. The number of nitrogens with zero attached hydrogens (tertiary/aromatic N) is 5. The number of hydrogen-bond acceptors (Lipinski definition) is 6. The molecular formula is C11H8BrClN6S. The molecule has 0 spiro atoms. The lowest BCUT2D eigenvalue weighted by molar-refractivity contribution is 0.851. The molecule has 9 heteroatoms. The molecule has 0 saturated carbocycles. The normalized spacial score (nSPS) is 11.2. The van der Waals surface area contributed by atoms with E-state index in [0.717, 1.165) is 10.0 Å². The fourth-order valence-electron chi connectivity index (χ4n) is 1.66. The molecule has 0 radical (unpaired) electrons. The summed E-state index contributed by atoms with van der Waals surface area (Å²) in [6, 6.07) is 5.40. The molecule has 0 aliphatic carbocycles. The summed E-state index contributed by atoms with van der Waals surface area (Å²) in [6.45, 7) is 0. The highest BCUT2D eigenvalue weighted by Gasteiger charge is 2.14. The topological polar surface area (TPSA) is 82.0 Å². The molecule has 0 bridgehead atoms. The maximum absolute atomic E-state index is 6.01. The molecule has 3 rings (SSSR count). The number of aromatic nitrogens is 5. The van der Waals surface area contributed by atoms with Crippen molar-refractivity contribution in [2.24, 2.45) is 0 Å². The van der Waals surface area contributed by atoms with Crippen LogP contribution in [0.15, 0.2) is 27.8 Å². The van der Waals surface area contributed by atoms with E-state index in [-0.39, 0.29) is 5.95 Å². The van der Waals surface area contributed by atoms with E-state index in [9.17, 15) is 0 Å². The standard InChI is InChI=1S/C11H8BrClN6S/c1-20-11-16-9(14)19-10(17-11)15-8(18-19)6-4-5(13)2-3-7(6)12/h2-4H,1H3,(H2,14,15,16,17,18). The van der Waals surface area contributed by atoms with Crippen molar-refractivity contribution in [3.63, 3.8) is 0 Å². The first kappa shape index (κ1) is 13.6. The molecule has 0 aliphatic heterocycles. The molecular weight excluding hydrogens is 364 g/mol. The highest BCUT2D eigenvalue weighted by molar-refractivity contribution is 9.10. The van der Waals surface area contributed by atoms with E-state index >= 15 is 0 Å². The maximum atomic E-state index is 6.01. The highest BCUT2D eigenvalue weighted by Crippen LogP contribution is 2.29. The molecule has 6 nitrogen and oxygen atoms in total. The predicted octanol–water partition coefficient (Wildman–Crippen LogP) is 2.91. The molecule has 0 unspecified atom stereocenters. The van der Waals surface area contributed by atoms with Crippen LogP contribution in [0.1, 0.15) is 0 Å². The van der Waals surface area contributed by atoms with Crippen LogP contribution in [0.5, 0.6) is 0 Å². The molecule has 2 aromatic heterocycles. The SMILES string of the molecule is CSc1nc(N)n2nc(-c3cc(Cl)ccc3Br)nc2n1. The van der Waals surface area contributed by atoms with Gasteiger partial charge < -0.3 is 5.73 Å². The molecule has 0 atom stereocenters. The Balaban J connectivity index is 2.22. The summed E-state index contributed by atoms with van der Waals surface area (Å²) in [5.41, 5.74) is 6.62. The van der Waals surface area contributed by atoms with Crippen LogP contribution >= 0.6 is 39.3 Å². The zero-order valence-electron chi connectivity index (χ0n) is 10.2. The van der Waals surface area contributed by atoms with E-state index in [1.54, 1.807) is 12.1 Å². The smallest absolute Gasteiger partial charge is 0.258 e. The molecule has 0 amide bonds. The van der Waals surface area contributed by atoms with E-state index in [4.69, 9.17) is 17.3 Å². The summed E-state index contributed by atoms with van der Waals surface area (Å²) in [5.74, 6) is 1.14. The second kappa shape index (κ2) is 5.19.